The van der Waals surface area contributed by atoms with Gasteiger partial charge in [0.2, 0.25) is 0 Å². The first-order chi connectivity index (χ1) is 23.1. The third-order valence-corrected chi connectivity index (χ3v) is 9.92. The molecule has 2 aliphatic heterocycles. The van der Waals surface area contributed by atoms with E-state index in [4.69, 9.17) is 14.2 Å². The molecule has 0 fully saturated rings. The number of anilines is 3. The normalized spacial score (nSPS) is 14.0. The molecule has 0 saturated heterocycles. The van der Waals surface area contributed by atoms with Crippen LogP contribution in [0.5, 0.6) is 34.5 Å². The molecule has 0 saturated carbocycles. The minimum Gasteiger partial charge on any atom is -0.456 e. The fourth-order valence-corrected chi connectivity index (χ4v) is 7.71. The van der Waals surface area contributed by atoms with E-state index < -0.39 is 0 Å². The van der Waals surface area contributed by atoms with Crippen LogP contribution in [0.4, 0.5) is 17.1 Å². The Balaban J connectivity index is 1.24. The molecule has 0 N–H and O–H groups in total. The number of hydrogen-bond donors (Lipinski definition) is 0. The number of benzene rings is 7. The van der Waals surface area contributed by atoms with Crippen molar-refractivity contribution in [2.75, 3.05) is 4.90 Å². The number of nitrogens with zero attached hydrogens (tertiary/aromatic N) is 1. The van der Waals surface area contributed by atoms with Gasteiger partial charge in [0.25, 0.3) is 0 Å². The van der Waals surface area contributed by atoms with Gasteiger partial charge in [-0.25, -0.2) is 0 Å². The van der Waals surface area contributed by atoms with Gasteiger partial charge in [-0.2, -0.15) is 0 Å². The lowest BCUT2D eigenvalue weighted by atomic mass is 9.82. The Kier molecular flexibility index (Phi) is 5.31. The van der Waals surface area contributed by atoms with Gasteiger partial charge in [-0.3, -0.25) is 0 Å². The van der Waals surface area contributed by atoms with Gasteiger partial charge in [0, 0.05) is 27.4 Å². The van der Waals surface area contributed by atoms with E-state index in [1.54, 1.807) is 0 Å². The molecule has 4 nitrogen and oxygen atoms in total. The van der Waals surface area contributed by atoms with Gasteiger partial charge in [0.05, 0.1) is 11.4 Å². The highest BCUT2D eigenvalue weighted by Crippen LogP contribution is 2.56. The van der Waals surface area contributed by atoms with Gasteiger partial charge in [-0.05, 0) is 82.4 Å². The fraction of sp³-hybridized carbons (Fsp3) is 0.0698. The van der Waals surface area contributed by atoms with E-state index >= 15 is 0 Å². The highest BCUT2D eigenvalue weighted by Gasteiger charge is 2.36. The van der Waals surface area contributed by atoms with Crippen LogP contribution in [-0.4, -0.2) is 0 Å². The van der Waals surface area contributed by atoms with Crippen LogP contribution in [0.3, 0.4) is 0 Å². The molecule has 0 aromatic heterocycles. The Morgan fingerprint density at radius 3 is 1.96 bits per heavy atom. The Bertz CT molecular complexity index is 2440. The van der Waals surface area contributed by atoms with Crippen LogP contribution in [0.15, 0.2) is 140 Å². The van der Waals surface area contributed by atoms with E-state index in [1.165, 1.54) is 22.3 Å². The lowest BCUT2D eigenvalue weighted by Gasteiger charge is -2.32. The third-order valence-electron chi connectivity index (χ3n) is 9.92. The van der Waals surface area contributed by atoms with Crippen molar-refractivity contribution in [3.05, 3.63) is 151 Å². The molecule has 7 aromatic carbocycles. The first-order valence-electron chi connectivity index (χ1n) is 16.0. The van der Waals surface area contributed by atoms with Crippen LogP contribution in [0.1, 0.15) is 25.0 Å². The van der Waals surface area contributed by atoms with Gasteiger partial charge >= 0.3 is 0 Å². The maximum Gasteiger partial charge on any atom is 0.194 e. The molecule has 0 radical (unpaired) electrons. The summed E-state index contributed by atoms with van der Waals surface area (Å²) in [4.78, 5) is 2.32. The molecule has 0 spiro atoms. The Labute approximate surface area is 273 Å². The summed E-state index contributed by atoms with van der Waals surface area (Å²) in [5, 5.41) is 2.18. The maximum atomic E-state index is 6.66. The number of rotatable bonds is 3. The molecule has 7 aromatic rings. The van der Waals surface area contributed by atoms with Crippen molar-refractivity contribution in [2.45, 2.75) is 19.3 Å². The number of fused-ring (bicyclic) bond motifs is 7. The zero-order chi connectivity index (χ0) is 31.3. The monoisotopic (exact) mass is 607 g/mol. The van der Waals surface area contributed by atoms with Crippen LogP contribution in [0, 0.1) is 0 Å². The van der Waals surface area contributed by atoms with Crippen molar-refractivity contribution in [1.29, 1.82) is 0 Å². The second kappa shape index (κ2) is 9.51. The molecule has 0 unspecified atom stereocenters. The quantitative estimate of drug-likeness (QED) is 0.200. The highest BCUT2D eigenvalue weighted by atomic mass is 16.6. The molecular formula is C43H29NO3. The summed E-state index contributed by atoms with van der Waals surface area (Å²) in [6.07, 6.45) is 0. The van der Waals surface area contributed by atoms with Crippen molar-refractivity contribution in [2.24, 2.45) is 0 Å². The molecule has 0 atom stereocenters. The molecule has 1 aliphatic carbocycles. The Hall–Kier alpha value is -6.00. The third kappa shape index (κ3) is 3.70. The standard InChI is InChI=1S/C43H29NO3/c1-43(2)32-14-5-3-11-27(32)28-22-21-26(25-33(28)43)44(35-15-10-20-40-42(35)47-38-18-8-7-17-37(38)46-40)34-24-23-30-29-12-4-6-16-36(29)45-39-19-9-13-31(34)41(30)39/h3-25H,1-2H3. The van der Waals surface area contributed by atoms with E-state index in [-0.39, 0.29) is 5.41 Å². The zero-order valence-corrected chi connectivity index (χ0v) is 26.0. The summed E-state index contributed by atoms with van der Waals surface area (Å²) in [5.41, 5.74) is 10.3. The molecule has 224 valence electrons. The van der Waals surface area contributed by atoms with Crippen molar-refractivity contribution in [1.82, 2.24) is 0 Å². The summed E-state index contributed by atoms with van der Waals surface area (Å²) in [6, 6.07) is 48.6. The summed E-state index contributed by atoms with van der Waals surface area (Å²) in [5.74, 6) is 4.49. The second-order valence-corrected chi connectivity index (χ2v) is 12.9. The van der Waals surface area contributed by atoms with E-state index in [0.29, 0.717) is 23.0 Å². The smallest absolute Gasteiger partial charge is 0.194 e. The first kappa shape index (κ1) is 26.2. The lowest BCUT2D eigenvalue weighted by Crippen LogP contribution is -2.17. The predicted octanol–water partition coefficient (Wildman–Crippen LogP) is 12.3. The Morgan fingerprint density at radius 1 is 0.447 bits per heavy atom. The summed E-state index contributed by atoms with van der Waals surface area (Å²) in [7, 11) is 0. The van der Waals surface area contributed by atoms with Crippen molar-refractivity contribution >= 4 is 27.8 Å². The second-order valence-electron chi connectivity index (χ2n) is 12.9. The van der Waals surface area contributed by atoms with Gasteiger partial charge in [0.15, 0.2) is 23.0 Å². The number of hydrogen-bond acceptors (Lipinski definition) is 4. The largest absolute Gasteiger partial charge is 0.456 e. The molecule has 2 heterocycles. The lowest BCUT2D eigenvalue weighted by molar-refractivity contribution is 0.360. The zero-order valence-electron chi connectivity index (χ0n) is 26.0. The average Bonchev–Trinajstić information content (AvgIpc) is 3.34. The van der Waals surface area contributed by atoms with Crippen molar-refractivity contribution in [3.63, 3.8) is 0 Å². The Morgan fingerprint density at radius 2 is 1.09 bits per heavy atom. The van der Waals surface area contributed by atoms with E-state index in [1.807, 2.05) is 48.5 Å². The SMILES string of the molecule is CC1(C)c2ccccc2-c2ccc(N(c3cccc4c3Oc3ccccc3O4)c3ccc4c5c(cccc35)Oc3ccccc3-4)cc21. The van der Waals surface area contributed by atoms with Crippen LogP contribution in [0.25, 0.3) is 33.0 Å². The molecule has 3 aliphatic rings. The molecular weight excluding hydrogens is 578 g/mol. The molecule has 0 bridgehead atoms. The van der Waals surface area contributed by atoms with Gasteiger partial charge < -0.3 is 19.1 Å². The fourth-order valence-electron chi connectivity index (χ4n) is 7.71. The van der Waals surface area contributed by atoms with Crippen LogP contribution in [0.2, 0.25) is 0 Å². The highest BCUT2D eigenvalue weighted by molar-refractivity contribution is 6.11. The van der Waals surface area contributed by atoms with Crippen LogP contribution >= 0.6 is 0 Å². The minimum atomic E-state index is -0.153. The maximum absolute atomic E-state index is 6.66. The van der Waals surface area contributed by atoms with Crippen LogP contribution in [-0.2, 0) is 5.41 Å². The van der Waals surface area contributed by atoms with E-state index in [9.17, 15) is 0 Å². The summed E-state index contributed by atoms with van der Waals surface area (Å²) in [6.45, 7) is 4.64. The first-order valence-corrected chi connectivity index (χ1v) is 16.0. The molecule has 4 heteroatoms. The van der Waals surface area contributed by atoms with E-state index in [0.717, 1.165) is 50.5 Å². The average molecular weight is 608 g/mol. The number of para-hydroxylation sites is 4. The van der Waals surface area contributed by atoms with Gasteiger partial charge in [-0.15, -0.1) is 0 Å². The topological polar surface area (TPSA) is 30.9 Å². The van der Waals surface area contributed by atoms with Crippen LogP contribution < -0.4 is 19.1 Å². The predicted molar refractivity (Wildman–Crippen MR) is 188 cm³/mol. The summed E-state index contributed by atoms with van der Waals surface area (Å²) < 4.78 is 19.6. The molecule has 47 heavy (non-hydrogen) atoms. The molecule has 0 amide bonds. The minimum absolute atomic E-state index is 0.153. The van der Waals surface area contributed by atoms with Crippen molar-refractivity contribution < 1.29 is 14.2 Å². The van der Waals surface area contributed by atoms with Gasteiger partial charge in [0.1, 0.15) is 11.5 Å². The molecule has 10 rings (SSSR count). The van der Waals surface area contributed by atoms with Crippen molar-refractivity contribution in [3.8, 4) is 56.8 Å². The van der Waals surface area contributed by atoms with E-state index in [2.05, 4.69) is 110 Å². The van der Waals surface area contributed by atoms with Gasteiger partial charge in [-0.1, -0.05) is 98.8 Å². The summed E-state index contributed by atoms with van der Waals surface area (Å²) >= 11 is 0. The number of ether oxygens (including phenoxy) is 3.